The molecule has 0 radical (unpaired) electrons. The fraction of sp³-hybridized carbons (Fsp3) is 0.260. The Kier molecular flexibility index (Phi) is 7.95. The number of benzene rings is 5. The predicted octanol–water partition coefficient (Wildman–Crippen LogP) is 13.2. The topological polar surface area (TPSA) is 8.81 Å². The van der Waals surface area contributed by atoms with E-state index in [0.29, 0.717) is 0 Å². The largest absolute Gasteiger partial charge is 0.309 e. The average Bonchev–Trinajstić information content (AvgIpc) is 3.48. The molecular weight excluding hydrogens is 629 g/mol. The molecule has 0 unspecified atom stereocenters. The molecule has 260 valence electrons. The number of aromatic nitrogens is 2. The molecule has 0 atom stereocenters. The summed E-state index contributed by atoms with van der Waals surface area (Å²) in [6, 6.07) is 45.6. The predicted molar refractivity (Wildman–Crippen MR) is 222 cm³/mol. The van der Waals surface area contributed by atoms with Crippen LogP contribution in [0.25, 0.3) is 66.6 Å². The van der Waals surface area contributed by atoms with Crippen LogP contribution in [0, 0.1) is 0 Å². The Morgan fingerprint density at radius 3 is 1.65 bits per heavy atom. The molecule has 0 amide bonds. The average molecular weight is 680 g/mol. The minimum Gasteiger partial charge on any atom is -0.309 e. The SMILES string of the molecule is C=C1c2cc(C(C)(C)C)ccc2-c2cc(-n3c4ccc(-c5ccccc5)cc4c4cc(-c5ccc(C(C)(C)C)cc5)ccc43)cc[n+]2C1(CC)CC. The molecule has 52 heavy (non-hydrogen) atoms. The van der Waals surface area contributed by atoms with Crippen molar-refractivity contribution in [3.05, 3.63) is 151 Å². The van der Waals surface area contributed by atoms with E-state index in [1.807, 2.05) is 0 Å². The quantitative estimate of drug-likeness (QED) is 0.160. The fourth-order valence-corrected chi connectivity index (χ4v) is 8.56. The van der Waals surface area contributed by atoms with E-state index in [1.54, 1.807) is 0 Å². The first-order chi connectivity index (χ1) is 24.8. The monoisotopic (exact) mass is 679 g/mol. The number of rotatable bonds is 5. The van der Waals surface area contributed by atoms with E-state index in [4.69, 9.17) is 6.58 Å². The van der Waals surface area contributed by atoms with Gasteiger partial charge in [-0.3, -0.25) is 0 Å². The van der Waals surface area contributed by atoms with Crippen LogP contribution in [-0.2, 0) is 16.4 Å². The molecule has 8 rings (SSSR count). The summed E-state index contributed by atoms with van der Waals surface area (Å²) in [6.45, 7) is 23.1. The molecule has 2 heteroatoms. The lowest BCUT2D eigenvalue weighted by Gasteiger charge is -2.35. The number of fused-ring (bicyclic) bond motifs is 6. The summed E-state index contributed by atoms with van der Waals surface area (Å²) in [4.78, 5) is 0. The van der Waals surface area contributed by atoms with Gasteiger partial charge in [-0.2, -0.15) is 4.57 Å². The van der Waals surface area contributed by atoms with Gasteiger partial charge < -0.3 is 4.57 Å². The smallest absolute Gasteiger partial charge is 0.215 e. The molecule has 2 nitrogen and oxygen atoms in total. The second-order valence-electron chi connectivity index (χ2n) is 16.9. The second kappa shape index (κ2) is 12.2. The summed E-state index contributed by atoms with van der Waals surface area (Å²) >= 11 is 0. The van der Waals surface area contributed by atoms with Crippen LogP contribution in [0.4, 0.5) is 0 Å². The van der Waals surface area contributed by atoms with E-state index in [0.717, 1.165) is 12.8 Å². The lowest BCUT2D eigenvalue weighted by molar-refractivity contribution is -0.741. The van der Waals surface area contributed by atoms with Gasteiger partial charge in [-0.1, -0.05) is 135 Å². The number of hydrogen-bond donors (Lipinski definition) is 0. The Labute approximate surface area is 310 Å². The van der Waals surface area contributed by atoms with Gasteiger partial charge in [-0.05, 0) is 86.2 Å². The molecule has 7 aromatic rings. The molecule has 3 heterocycles. The minimum absolute atomic E-state index is 0.0563. The highest BCUT2D eigenvalue weighted by molar-refractivity contribution is 6.11. The zero-order valence-electron chi connectivity index (χ0n) is 32.1. The standard InChI is InChI=1S/C50H51N2/c1-10-50(11-2)33(3)42-31-39(49(7,8)9)23-24-41(42)47-32-40(27-28-51(47)50)52-45-25-19-36(34-15-13-12-14-16-34)29-43(45)44-30-37(20-26-46(44)52)35-17-21-38(22-18-35)48(4,5)6/h12-32H,3,10-11H2,1-2,4-9H3/q+1. The van der Waals surface area contributed by atoms with Crippen molar-refractivity contribution in [3.63, 3.8) is 0 Å². The molecule has 1 aliphatic rings. The number of nitrogens with zero attached hydrogens (tertiary/aromatic N) is 2. The number of hydrogen-bond acceptors (Lipinski definition) is 0. The first-order valence-corrected chi connectivity index (χ1v) is 19.0. The highest BCUT2D eigenvalue weighted by atomic mass is 15.1. The maximum absolute atomic E-state index is 4.78. The molecular formula is C50H51N2+. The van der Waals surface area contributed by atoms with Gasteiger partial charge in [0.1, 0.15) is 0 Å². The zero-order valence-corrected chi connectivity index (χ0v) is 32.1. The Balaban J connectivity index is 1.37. The Morgan fingerprint density at radius 2 is 1.10 bits per heavy atom. The van der Waals surface area contributed by atoms with Crippen molar-refractivity contribution in [1.29, 1.82) is 0 Å². The van der Waals surface area contributed by atoms with Crippen LogP contribution in [0.3, 0.4) is 0 Å². The molecule has 2 aromatic heterocycles. The maximum atomic E-state index is 4.78. The van der Waals surface area contributed by atoms with Gasteiger partial charge in [0, 0.05) is 41.3 Å². The highest BCUT2D eigenvalue weighted by Gasteiger charge is 2.47. The third-order valence-corrected chi connectivity index (χ3v) is 11.8. The summed E-state index contributed by atoms with van der Waals surface area (Å²) in [5, 5.41) is 2.52. The van der Waals surface area contributed by atoms with E-state index in [9.17, 15) is 0 Å². The lowest BCUT2D eigenvalue weighted by atomic mass is 9.74. The molecule has 1 aliphatic heterocycles. The lowest BCUT2D eigenvalue weighted by Crippen LogP contribution is -2.59. The van der Waals surface area contributed by atoms with Crippen molar-refractivity contribution in [3.8, 4) is 39.2 Å². The van der Waals surface area contributed by atoms with Crippen molar-refractivity contribution in [1.82, 2.24) is 4.57 Å². The molecule has 0 aliphatic carbocycles. The van der Waals surface area contributed by atoms with E-state index in [1.165, 1.54) is 83.3 Å². The third-order valence-electron chi connectivity index (χ3n) is 11.8. The fourth-order valence-electron chi connectivity index (χ4n) is 8.56. The normalized spacial score (nSPS) is 14.1. The molecule has 5 aromatic carbocycles. The van der Waals surface area contributed by atoms with Crippen molar-refractivity contribution < 1.29 is 4.57 Å². The van der Waals surface area contributed by atoms with Crippen LogP contribution >= 0.6 is 0 Å². The van der Waals surface area contributed by atoms with E-state index >= 15 is 0 Å². The summed E-state index contributed by atoms with van der Waals surface area (Å²) < 4.78 is 4.98. The first-order valence-electron chi connectivity index (χ1n) is 19.0. The van der Waals surface area contributed by atoms with Gasteiger partial charge >= 0.3 is 0 Å². The van der Waals surface area contributed by atoms with Crippen LogP contribution in [0.15, 0.2) is 134 Å². The van der Waals surface area contributed by atoms with E-state index in [-0.39, 0.29) is 16.4 Å². The van der Waals surface area contributed by atoms with Gasteiger partial charge in [0.05, 0.1) is 22.3 Å². The Bertz CT molecular complexity index is 2490. The van der Waals surface area contributed by atoms with Crippen molar-refractivity contribution in [2.24, 2.45) is 0 Å². The van der Waals surface area contributed by atoms with Crippen LogP contribution in [-0.4, -0.2) is 4.57 Å². The second-order valence-corrected chi connectivity index (χ2v) is 16.9. The minimum atomic E-state index is -0.180. The zero-order chi connectivity index (χ0) is 36.6. The highest BCUT2D eigenvalue weighted by Crippen LogP contribution is 2.46. The molecule has 0 bridgehead atoms. The molecule has 0 spiro atoms. The van der Waals surface area contributed by atoms with E-state index < -0.39 is 0 Å². The van der Waals surface area contributed by atoms with Gasteiger partial charge in [-0.25, -0.2) is 0 Å². The Hall–Kier alpha value is -5.21. The third kappa shape index (κ3) is 5.34. The molecule has 0 saturated carbocycles. The van der Waals surface area contributed by atoms with Crippen molar-refractivity contribution in [2.45, 2.75) is 84.6 Å². The molecule has 0 fully saturated rings. The van der Waals surface area contributed by atoms with Crippen molar-refractivity contribution in [2.75, 3.05) is 0 Å². The molecule has 0 N–H and O–H groups in total. The molecule has 0 saturated heterocycles. The number of pyridine rings is 1. The van der Waals surface area contributed by atoms with Crippen LogP contribution in [0.5, 0.6) is 0 Å². The van der Waals surface area contributed by atoms with Gasteiger partial charge in [0.2, 0.25) is 5.69 Å². The summed E-state index contributed by atoms with van der Waals surface area (Å²) in [5.41, 5.74) is 16.2. The Morgan fingerprint density at radius 1 is 0.558 bits per heavy atom. The summed E-state index contributed by atoms with van der Waals surface area (Å²) in [6.07, 6.45) is 4.29. The van der Waals surface area contributed by atoms with E-state index in [2.05, 4.69) is 192 Å². The summed E-state index contributed by atoms with van der Waals surface area (Å²) in [5.74, 6) is 0. The van der Waals surface area contributed by atoms with Gasteiger partial charge in [-0.15, -0.1) is 0 Å². The number of allylic oxidation sites excluding steroid dienone is 1. The van der Waals surface area contributed by atoms with Gasteiger partial charge in [0.25, 0.3) is 0 Å². The van der Waals surface area contributed by atoms with Crippen molar-refractivity contribution >= 4 is 27.4 Å². The van der Waals surface area contributed by atoms with Crippen LogP contribution in [0.2, 0.25) is 0 Å². The first kappa shape index (κ1) is 33.9. The van der Waals surface area contributed by atoms with Crippen LogP contribution < -0.4 is 4.57 Å². The maximum Gasteiger partial charge on any atom is 0.215 e. The van der Waals surface area contributed by atoms with Crippen LogP contribution in [0.1, 0.15) is 84.9 Å². The summed E-state index contributed by atoms with van der Waals surface area (Å²) in [7, 11) is 0. The van der Waals surface area contributed by atoms with Gasteiger partial charge in [0.15, 0.2) is 11.7 Å².